The minimum absolute atomic E-state index is 0.0276. The number of rotatable bonds is 2. The molecule has 2 heterocycles. The molecule has 2 aromatic carbocycles. The summed E-state index contributed by atoms with van der Waals surface area (Å²) >= 11 is 0. The first kappa shape index (κ1) is 20.1. The zero-order valence-electron chi connectivity index (χ0n) is 17.6. The molecule has 3 aliphatic rings. The van der Waals surface area contributed by atoms with Crippen LogP contribution in [0.25, 0.3) is 11.3 Å². The quantitative estimate of drug-likeness (QED) is 0.474. The molecule has 9 heteroatoms. The highest BCUT2D eigenvalue weighted by atomic mass is 16.7. The number of benzene rings is 2. The molecule has 1 atom stereocenters. The molecule has 9 nitrogen and oxygen atoms in total. The first-order valence-electron chi connectivity index (χ1n) is 10.5. The fourth-order valence-electron chi connectivity index (χ4n) is 5.12. The number of ketones is 2. The number of aromatic hydroxyl groups is 1. The van der Waals surface area contributed by atoms with E-state index in [2.05, 4.69) is 5.16 Å². The van der Waals surface area contributed by atoms with Gasteiger partial charge in [-0.25, -0.2) is 0 Å². The molecule has 2 aliphatic carbocycles. The van der Waals surface area contributed by atoms with Crippen LogP contribution in [0.1, 0.15) is 55.7 Å². The van der Waals surface area contributed by atoms with Gasteiger partial charge in [-0.1, -0.05) is 35.5 Å². The normalized spacial score (nSPS) is 20.5. The van der Waals surface area contributed by atoms with Crippen molar-refractivity contribution in [3.63, 3.8) is 0 Å². The summed E-state index contributed by atoms with van der Waals surface area (Å²) in [6.45, 7) is 0.727. The zero-order valence-corrected chi connectivity index (χ0v) is 17.6. The van der Waals surface area contributed by atoms with Crippen molar-refractivity contribution in [1.82, 2.24) is 5.16 Å². The van der Waals surface area contributed by atoms with E-state index < -0.39 is 29.2 Å². The number of methoxy groups -OCH3 is 1. The van der Waals surface area contributed by atoms with E-state index in [0.717, 1.165) is 0 Å². The predicted octanol–water partition coefficient (Wildman–Crippen LogP) is 2.55. The van der Waals surface area contributed by atoms with Gasteiger partial charge in [0.25, 0.3) is 0 Å². The van der Waals surface area contributed by atoms with E-state index in [1.54, 1.807) is 24.3 Å². The van der Waals surface area contributed by atoms with Crippen molar-refractivity contribution >= 4 is 11.6 Å². The second-order valence-corrected chi connectivity index (χ2v) is 8.29. The summed E-state index contributed by atoms with van der Waals surface area (Å²) in [6.07, 6.45) is -0.971. The number of carbonyl (C=O) groups is 2. The first-order valence-corrected chi connectivity index (χ1v) is 10.5. The van der Waals surface area contributed by atoms with Crippen LogP contribution in [0.5, 0.6) is 11.5 Å². The Morgan fingerprint density at radius 3 is 2.48 bits per heavy atom. The number of hydrogen-bond acceptors (Lipinski definition) is 9. The Morgan fingerprint density at radius 2 is 1.79 bits per heavy atom. The van der Waals surface area contributed by atoms with E-state index in [-0.39, 0.29) is 52.3 Å². The molecule has 0 amide bonds. The monoisotopic (exact) mass is 449 g/mol. The number of phenolic OH excluding ortho intramolecular Hbond substituents is 1. The van der Waals surface area contributed by atoms with E-state index in [1.807, 2.05) is 6.07 Å². The summed E-state index contributed by atoms with van der Waals surface area (Å²) in [5.41, 5.74) is 0.919. The Hall–Kier alpha value is -3.53. The Kier molecular flexibility index (Phi) is 4.25. The summed E-state index contributed by atoms with van der Waals surface area (Å²) in [5, 5.41) is 26.1. The predicted molar refractivity (Wildman–Crippen MR) is 111 cm³/mol. The number of fused-ring (bicyclic) bond motifs is 3. The Balaban J connectivity index is 1.59. The van der Waals surface area contributed by atoms with Gasteiger partial charge in [-0.2, -0.15) is 0 Å². The third-order valence-corrected chi connectivity index (χ3v) is 6.50. The smallest absolute Gasteiger partial charge is 0.236 e. The molecule has 0 bridgehead atoms. The number of hydrogen-bond donors (Lipinski definition) is 2. The SMILES string of the molecule is COc1c2c(c(O)c3c1C(=O)c1onc(-c4ccccc4)c1C3=O)C(O)CC1(C2)OCCO1. The largest absolute Gasteiger partial charge is 0.507 e. The number of phenols is 1. The average molecular weight is 449 g/mol. The molecule has 1 spiro atoms. The van der Waals surface area contributed by atoms with Crippen molar-refractivity contribution in [2.45, 2.75) is 24.7 Å². The van der Waals surface area contributed by atoms with Gasteiger partial charge >= 0.3 is 0 Å². The number of ether oxygens (including phenoxy) is 3. The van der Waals surface area contributed by atoms with Crippen molar-refractivity contribution in [3.8, 4) is 22.8 Å². The highest BCUT2D eigenvalue weighted by molar-refractivity contribution is 6.31. The first-order chi connectivity index (χ1) is 16.0. The molecule has 33 heavy (non-hydrogen) atoms. The minimum Gasteiger partial charge on any atom is -0.507 e. The number of carbonyl (C=O) groups excluding carboxylic acids is 2. The van der Waals surface area contributed by atoms with Gasteiger partial charge in [0.2, 0.25) is 17.3 Å². The van der Waals surface area contributed by atoms with Crippen molar-refractivity contribution in [2.75, 3.05) is 20.3 Å². The van der Waals surface area contributed by atoms with E-state index >= 15 is 0 Å². The topological polar surface area (TPSA) is 128 Å². The average Bonchev–Trinajstić information content (AvgIpc) is 3.45. The lowest BCUT2D eigenvalue weighted by atomic mass is 9.76. The van der Waals surface area contributed by atoms with Crippen LogP contribution in [0.3, 0.4) is 0 Å². The third-order valence-electron chi connectivity index (χ3n) is 6.50. The Labute approximate surface area is 187 Å². The lowest BCUT2D eigenvalue weighted by Gasteiger charge is -2.37. The van der Waals surface area contributed by atoms with Gasteiger partial charge in [0, 0.05) is 29.5 Å². The summed E-state index contributed by atoms with van der Waals surface area (Å²) in [4.78, 5) is 27.1. The lowest BCUT2D eigenvalue weighted by Crippen LogP contribution is -2.39. The van der Waals surface area contributed by atoms with Crippen LogP contribution in [0.4, 0.5) is 0 Å². The maximum absolute atomic E-state index is 13.6. The van der Waals surface area contributed by atoms with Gasteiger partial charge in [-0.15, -0.1) is 0 Å². The molecule has 168 valence electrons. The Bertz CT molecular complexity index is 1320. The van der Waals surface area contributed by atoms with E-state index in [0.29, 0.717) is 24.3 Å². The number of aliphatic hydroxyl groups excluding tert-OH is 1. The second kappa shape index (κ2) is 6.98. The zero-order chi connectivity index (χ0) is 22.9. The van der Waals surface area contributed by atoms with Gasteiger partial charge in [-0.3, -0.25) is 9.59 Å². The molecule has 6 rings (SSSR count). The van der Waals surface area contributed by atoms with Crippen LogP contribution in [0.2, 0.25) is 0 Å². The van der Waals surface area contributed by atoms with E-state index in [9.17, 15) is 19.8 Å². The maximum atomic E-state index is 13.6. The van der Waals surface area contributed by atoms with Gasteiger partial charge in [0.05, 0.1) is 37.6 Å². The molecule has 3 aromatic rings. The molecule has 1 fully saturated rings. The van der Waals surface area contributed by atoms with Crippen LogP contribution < -0.4 is 4.74 Å². The molecule has 0 saturated carbocycles. The van der Waals surface area contributed by atoms with Crippen molar-refractivity contribution in [1.29, 1.82) is 0 Å². The summed E-state index contributed by atoms with van der Waals surface area (Å²) in [5.74, 6) is -2.93. The highest BCUT2D eigenvalue weighted by Crippen LogP contribution is 2.52. The molecule has 1 aromatic heterocycles. The number of aromatic nitrogens is 1. The molecule has 2 N–H and O–H groups in total. The van der Waals surface area contributed by atoms with Crippen LogP contribution in [-0.2, 0) is 15.9 Å². The van der Waals surface area contributed by atoms with Gasteiger partial charge in [-0.05, 0) is 0 Å². The van der Waals surface area contributed by atoms with Crippen molar-refractivity contribution < 1.29 is 38.5 Å². The standard InChI is InChI=1S/C24H19NO8/c1-30-22-12-9-24(31-7-8-32-24)10-13(26)14(12)19(27)15-16(22)21(29)23-17(20(15)28)18(25-33-23)11-5-3-2-4-6-11/h2-6,13,26-27H,7-10H2,1H3. The summed E-state index contributed by atoms with van der Waals surface area (Å²) < 4.78 is 22.4. The third kappa shape index (κ3) is 2.67. The molecule has 1 aliphatic heterocycles. The second-order valence-electron chi connectivity index (χ2n) is 8.29. The molecule has 1 unspecified atom stereocenters. The van der Waals surface area contributed by atoms with E-state index in [4.69, 9.17) is 18.7 Å². The molecular formula is C24H19NO8. The highest BCUT2D eigenvalue weighted by Gasteiger charge is 2.50. The summed E-state index contributed by atoms with van der Waals surface area (Å²) in [6, 6.07) is 8.84. The van der Waals surface area contributed by atoms with Crippen molar-refractivity contribution in [2.24, 2.45) is 0 Å². The fourth-order valence-corrected chi connectivity index (χ4v) is 5.12. The van der Waals surface area contributed by atoms with E-state index in [1.165, 1.54) is 7.11 Å². The van der Waals surface area contributed by atoms with Gasteiger partial charge < -0.3 is 28.9 Å². The molecule has 1 saturated heterocycles. The van der Waals surface area contributed by atoms with Gasteiger partial charge in [0.15, 0.2) is 5.79 Å². The van der Waals surface area contributed by atoms with Crippen LogP contribution in [0.15, 0.2) is 34.9 Å². The van der Waals surface area contributed by atoms with Crippen molar-refractivity contribution in [3.05, 3.63) is 63.9 Å². The fraction of sp³-hybridized carbons (Fsp3) is 0.292. The molecule has 0 radical (unpaired) electrons. The number of aliphatic hydroxyl groups is 1. The summed E-state index contributed by atoms with van der Waals surface area (Å²) in [7, 11) is 1.36. The van der Waals surface area contributed by atoms with Crippen LogP contribution >= 0.6 is 0 Å². The molecular weight excluding hydrogens is 430 g/mol. The number of nitrogens with zero attached hydrogens (tertiary/aromatic N) is 1. The maximum Gasteiger partial charge on any atom is 0.236 e. The Morgan fingerprint density at radius 1 is 1.06 bits per heavy atom. The minimum atomic E-state index is -1.19. The van der Waals surface area contributed by atoms with Crippen LogP contribution in [0, 0.1) is 0 Å². The van der Waals surface area contributed by atoms with Gasteiger partial charge in [0.1, 0.15) is 22.8 Å². The lowest BCUT2D eigenvalue weighted by molar-refractivity contribution is -0.182. The van der Waals surface area contributed by atoms with Crippen LogP contribution in [-0.4, -0.2) is 53.0 Å².